The largest absolute Gasteiger partial charge is 0.478 e. The Bertz CT molecular complexity index is 530. The number of aromatic carboxylic acids is 1. The van der Waals surface area contributed by atoms with E-state index in [1.54, 1.807) is 4.90 Å². The second-order valence-corrected chi connectivity index (χ2v) is 4.47. The van der Waals surface area contributed by atoms with E-state index in [1.807, 2.05) is 13.8 Å². The van der Waals surface area contributed by atoms with Gasteiger partial charge in [-0.2, -0.15) is 0 Å². The van der Waals surface area contributed by atoms with Crippen molar-refractivity contribution in [2.45, 2.75) is 20.3 Å². The van der Waals surface area contributed by atoms with Crippen LogP contribution in [0.1, 0.15) is 30.6 Å². The SMILES string of the molecule is CCN(CC)C(=O)CCNc1cc(F)c(C(=O)O)cc1N. The molecule has 0 aromatic heterocycles. The average molecular weight is 297 g/mol. The molecule has 0 saturated heterocycles. The lowest BCUT2D eigenvalue weighted by Crippen LogP contribution is -2.31. The van der Waals surface area contributed by atoms with Crippen LogP contribution in [-0.2, 0) is 4.79 Å². The number of anilines is 2. The van der Waals surface area contributed by atoms with Crippen LogP contribution >= 0.6 is 0 Å². The first-order chi connectivity index (χ1) is 9.90. The summed E-state index contributed by atoms with van der Waals surface area (Å²) in [4.78, 5) is 24.3. The number of halogens is 1. The van der Waals surface area contributed by atoms with Gasteiger partial charge in [0.25, 0.3) is 0 Å². The number of benzene rings is 1. The number of carbonyl (C=O) groups is 2. The van der Waals surface area contributed by atoms with Gasteiger partial charge in [0.1, 0.15) is 5.82 Å². The third-order valence-electron chi connectivity index (χ3n) is 3.14. The lowest BCUT2D eigenvalue weighted by molar-refractivity contribution is -0.130. The predicted octanol–water partition coefficient (Wildman–Crippen LogP) is 1.78. The first kappa shape index (κ1) is 16.7. The van der Waals surface area contributed by atoms with Crippen molar-refractivity contribution in [3.05, 3.63) is 23.5 Å². The monoisotopic (exact) mass is 297 g/mol. The second kappa shape index (κ2) is 7.47. The van der Waals surface area contributed by atoms with Gasteiger partial charge in [0.2, 0.25) is 5.91 Å². The van der Waals surface area contributed by atoms with Crippen LogP contribution in [0.3, 0.4) is 0 Å². The molecule has 0 spiro atoms. The molecule has 7 heteroatoms. The molecule has 0 heterocycles. The molecule has 0 radical (unpaired) electrons. The summed E-state index contributed by atoms with van der Waals surface area (Å²) in [5.41, 5.74) is 5.61. The predicted molar refractivity (Wildman–Crippen MR) is 78.8 cm³/mol. The van der Waals surface area contributed by atoms with Gasteiger partial charge in [-0.1, -0.05) is 0 Å². The molecule has 0 atom stereocenters. The van der Waals surface area contributed by atoms with E-state index in [0.717, 1.165) is 12.1 Å². The van der Waals surface area contributed by atoms with E-state index in [4.69, 9.17) is 10.8 Å². The summed E-state index contributed by atoms with van der Waals surface area (Å²) >= 11 is 0. The lowest BCUT2D eigenvalue weighted by Gasteiger charge is -2.19. The second-order valence-electron chi connectivity index (χ2n) is 4.47. The molecule has 1 aromatic rings. The minimum atomic E-state index is -1.37. The minimum absolute atomic E-state index is 0.00583. The van der Waals surface area contributed by atoms with Crippen molar-refractivity contribution < 1.29 is 19.1 Å². The smallest absolute Gasteiger partial charge is 0.338 e. The Morgan fingerprint density at radius 1 is 1.33 bits per heavy atom. The number of nitrogens with one attached hydrogen (secondary N) is 1. The average Bonchev–Trinajstić information content (AvgIpc) is 2.43. The van der Waals surface area contributed by atoms with Gasteiger partial charge in [-0.15, -0.1) is 0 Å². The minimum Gasteiger partial charge on any atom is -0.478 e. The van der Waals surface area contributed by atoms with Crippen LogP contribution in [0, 0.1) is 5.82 Å². The maximum atomic E-state index is 13.6. The first-order valence-corrected chi connectivity index (χ1v) is 6.74. The van der Waals surface area contributed by atoms with Gasteiger partial charge < -0.3 is 21.1 Å². The summed E-state index contributed by atoms with van der Waals surface area (Å²) in [7, 11) is 0. The highest BCUT2D eigenvalue weighted by Crippen LogP contribution is 2.23. The van der Waals surface area contributed by atoms with Crippen molar-refractivity contribution in [3.8, 4) is 0 Å². The van der Waals surface area contributed by atoms with Crippen LogP contribution in [-0.4, -0.2) is 41.5 Å². The number of nitrogen functional groups attached to an aromatic ring is 1. The highest BCUT2D eigenvalue weighted by atomic mass is 19.1. The van der Waals surface area contributed by atoms with Crippen LogP contribution in [0.25, 0.3) is 0 Å². The molecule has 116 valence electrons. The van der Waals surface area contributed by atoms with E-state index in [2.05, 4.69) is 5.32 Å². The Labute approximate surface area is 122 Å². The standard InChI is InChI=1S/C14H20FN3O3/c1-3-18(4-2)13(19)5-6-17-12-8-10(15)9(14(20)21)7-11(12)16/h7-8,17H,3-6,16H2,1-2H3,(H,20,21). The summed E-state index contributed by atoms with van der Waals surface area (Å²) in [5.74, 6) is -2.24. The molecule has 0 fully saturated rings. The lowest BCUT2D eigenvalue weighted by atomic mass is 10.1. The van der Waals surface area contributed by atoms with Gasteiger partial charge in [-0.05, 0) is 26.0 Å². The summed E-state index contributed by atoms with van der Waals surface area (Å²) in [6.07, 6.45) is 0.253. The van der Waals surface area contributed by atoms with E-state index in [0.29, 0.717) is 19.6 Å². The molecular weight excluding hydrogens is 277 g/mol. The van der Waals surface area contributed by atoms with Gasteiger partial charge in [-0.25, -0.2) is 9.18 Å². The van der Waals surface area contributed by atoms with Crippen LogP contribution < -0.4 is 11.1 Å². The molecule has 0 aliphatic rings. The Morgan fingerprint density at radius 3 is 2.48 bits per heavy atom. The Balaban J connectivity index is 2.66. The Kier molecular flexibility index (Phi) is 5.95. The molecule has 6 nitrogen and oxygen atoms in total. The number of nitrogens with two attached hydrogens (primary N) is 1. The van der Waals surface area contributed by atoms with Crippen LogP contribution in [0.5, 0.6) is 0 Å². The maximum absolute atomic E-state index is 13.6. The van der Waals surface area contributed by atoms with Crippen molar-refractivity contribution in [2.75, 3.05) is 30.7 Å². The van der Waals surface area contributed by atoms with Gasteiger partial charge in [0.15, 0.2) is 0 Å². The zero-order valence-corrected chi connectivity index (χ0v) is 12.1. The van der Waals surface area contributed by atoms with Gasteiger partial charge in [0.05, 0.1) is 16.9 Å². The number of carbonyl (C=O) groups excluding carboxylic acids is 1. The zero-order valence-electron chi connectivity index (χ0n) is 12.1. The molecule has 0 aliphatic carbocycles. The third kappa shape index (κ3) is 4.34. The third-order valence-corrected chi connectivity index (χ3v) is 3.14. The summed E-state index contributed by atoms with van der Waals surface area (Å²) in [6, 6.07) is 2.09. The molecular formula is C14H20FN3O3. The van der Waals surface area contributed by atoms with E-state index in [9.17, 15) is 14.0 Å². The number of rotatable bonds is 7. The van der Waals surface area contributed by atoms with Gasteiger partial charge >= 0.3 is 5.97 Å². The zero-order chi connectivity index (χ0) is 16.0. The number of amides is 1. The fourth-order valence-corrected chi connectivity index (χ4v) is 1.95. The van der Waals surface area contributed by atoms with Crippen molar-refractivity contribution in [1.29, 1.82) is 0 Å². The molecule has 1 rings (SSSR count). The van der Waals surface area contributed by atoms with E-state index in [1.165, 1.54) is 0 Å². The first-order valence-electron chi connectivity index (χ1n) is 6.74. The Hall–Kier alpha value is -2.31. The normalized spacial score (nSPS) is 10.2. The van der Waals surface area contributed by atoms with Crippen LogP contribution in [0.4, 0.5) is 15.8 Å². The molecule has 1 amide bonds. The number of nitrogens with zero attached hydrogens (tertiary/aromatic N) is 1. The quantitative estimate of drug-likeness (QED) is 0.667. The van der Waals surface area contributed by atoms with E-state index < -0.39 is 17.3 Å². The van der Waals surface area contributed by atoms with E-state index in [-0.39, 0.29) is 23.7 Å². The van der Waals surface area contributed by atoms with Crippen molar-refractivity contribution in [1.82, 2.24) is 4.90 Å². The highest BCUT2D eigenvalue weighted by molar-refractivity contribution is 5.90. The van der Waals surface area contributed by atoms with Crippen molar-refractivity contribution in [3.63, 3.8) is 0 Å². The number of carboxylic acid groups (broad SMARTS) is 1. The fraction of sp³-hybridized carbons (Fsp3) is 0.429. The molecule has 0 aliphatic heterocycles. The summed E-state index contributed by atoms with van der Waals surface area (Å²) in [5, 5.41) is 11.6. The Morgan fingerprint density at radius 2 is 1.95 bits per heavy atom. The van der Waals surface area contributed by atoms with E-state index >= 15 is 0 Å². The molecule has 0 bridgehead atoms. The van der Waals surface area contributed by atoms with Crippen molar-refractivity contribution >= 4 is 23.3 Å². The van der Waals surface area contributed by atoms with Gasteiger partial charge in [0, 0.05) is 26.1 Å². The molecule has 1 aromatic carbocycles. The number of hydrogen-bond acceptors (Lipinski definition) is 4. The summed E-state index contributed by atoms with van der Waals surface area (Å²) in [6.45, 7) is 5.36. The number of hydrogen-bond donors (Lipinski definition) is 3. The highest BCUT2D eigenvalue weighted by Gasteiger charge is 2.14. The molecule has 4 N–H and O–H groups in total. The fourth-order valence-electron chi connectivity index (χ4n) is 1.95. The maximum Gasteiger partial charge on any atom is 0.338 e. The summed E-state index contributed by atoms with van der Waals surface area (Å²) < 4.78 is 13.6. The molecule has 0 saturated carbocycles. The van der Waals surface area contributed by atoms with Gasteiger partial charge in [-0.3, -0.25) is 4.79 Å². The molecule has 21 heavy (non-hydrogen) atoms. The van der Waals surface area contributed by atoms with Crippen LogP contribution in [0.15, 0.2) is 12.1 Å². The molecule has 0 unspecified atom stereocenters. The van der Waals surface area contributed by atoms with Crippen molar-refractivity contribution in [2.24, 2.45) is 0 Å². The number of carboxylic acids is 1. The topological polar surface area (TPSA) is 95.7 Å². The van der Waals surface area contributed by atoms with Crippen LogP contribution in [0.2, 0.25) is 0 Å².